The monoisotopic (exact) mass is 451 g/mol. The van der Waals surface area contributed by atoms with Crippen molar-refractivity contribution < 1.29 is 19.1 Å². The zero-order chi connectivity index (χ0) is 23.0. The smallest absolute Gasteiger partial charge is 0.333 e. The summed E-state index contributed by atoms with van der Waals surface area (Å²) in [5, 5.41) is 1.55. The van der Waals surface area contributed by atoms with E-state index >= 15 is 0 Å². The molecule has 1 aliphatic heterocycles. The summed E-state index contributed by atoms with van der Waals surface area (Å²) in [7, 11) is 2.72. The molecule has 0 bridgehead atoms. The fourth-order valence-corrected chi connectivity index (χ4v) is 3.96. The van der Waals surface area contributed by atoms with Crippen LogP contribution in [0.5, 0.6) is 5.75 Å². The van der Waals surface area contributed by atoms with E-state index in [9.17, 15) is 14.4 Å². The highest BCUT2D eigenvalue weighted by atomic mass is 35.5. The lowest BCUT2D eigenvalue weighted by Crippen LogP contribution is -2.52. The van der Waals surface area contributed by atoms with Crippen LogP contribution in [0.25, 0.3) is 17.0 Å². The molecule has 0 radical (unpaired) electrons. The number of carbonyl (C=O) groups excluding carboxylic acids is 3. The number of benzene rings is 2. The maximum absolute atomic E-state index is 12.6. The van der Waals surface area contributed by atoms with Crippen molar-refractivity contribution in [2.24, 2.45) is 0 Å². The number of ether oxygens (including phenoxy) is 1. The summed E-state index contributed by atoms with van der Waals surface area (Å²) < 4.78 is 7.94. The molecule has 1 saturated heterocycles. The van der Waals surface area contributed by atoms with Crippen LogP contribution in [0.3, 0.4) is 0 Å². The van der Waals surface area contributed by atoms with Crippen LogP contribution in [0.2, 0.25) is 5.02 Å². The second-order valence-corrected chi connectivity index (χ2v) is 8.06. The van der Waals surface area contributed by atoms with Crippen LogP contribution in [0.15, 0.2) is 54.2 Å². The fourth-order valence-electron chi connectivity index (χ4n) is 3.73. The van der Waals surface area contributed by atoms with Gasteiger partial charge in [-0.1, -0.05) is 29.8 Å². The first-order chi connectivity index (χ1) is 15.3. The summed E-state index contributed by atoms with van der Waals surface area (Å²) in [6.07, 6.45) is 3.43. The van der Waals surface area contributed by atoms with Gasteiger partial charge >= 0.3 is 6.03 Å². The van der Waals surface area contributed by atoms with Gasteiger partial charge in [0.1, 0.15) is 17.9 Å². The first-order valence-corrected chi connectivity index (χ1v) is 10.4. The van der Waals surface area contributed by atoms with Crippen LogP contribution in [-0.4, -0.2) is 52.9 Å². The van der Waals surface area contributed by atoms with Crippen LogP contribution in [-0.2, 0) is 16.1 Å². The molecule has 2 aromatic carbocycles. The first-order valence-electron chi connectivity index (χ1n) is 10.1. The third-order valence-electron chi connectivity index (χ3n) is 5.49. The molecule has 0 aliphatic carbocycles. The molecule has 1 aliphatic rings. The van der Waals surface area contributed by atoms with Gasteiger partial charge in [-0.2, -0.15) is 0 Å². The lowest BCUT2D eigenvalue weighted by Gasteiger charge is -2.28. The van der Waals surface area contributed by atoms with E-state index in [0.29, 0.717) is 18.2 Å². The van der Waals surface area contributed by atoms with E-state index < -0.39 is 17.8 Å². The zero-order valence-electron chi connectivity index (χ0n) is 18.0. The van der Waals surface area contributed by atoms with Crippen molar-refractivity contribution >= 4 is 46.4 Å². The Morgan fingerprint density at radius 3 is 2.38 bits per heavy atom. The van der Waals surface area contributed by atoms with Crippen molar-refractivity contribution in [2.45, 2.75) is 13.5 Å². The number of nitrogens with zero attached hydrogens (tertiary/aromatic N) is 3. The predicted octanol–water partition coefficient (Wildman–Crippen LogP) is 4.12. The second kappa shape index (κ2) is 8.51. The molecule has 3 aromatic rings. The number of aryl methyl sites for hydroxylation is 1. The normalized spacial score (nSPS) is 14.5. The lowest BCUT2D eigenvalue weighted by molar-refractivity contribution is -0.134. The molecule has 0 spiro atoms. The molecule has 0 unspecified atom stereocenters. The molecule has 0 atom stereocenters. The number of hydrogen-bond donors (Lipinski definition) is 0. The second-order valence-electron chi connectivity index (χ2n) is 7.62. The van der Waals surface area contributed by atoms with Crippen LogP contribution >= 0.6 is 11.6 Å². The van der Waals surface area contributed by atoms with Crippen LogP contribution < -0.4 is 4.74 Å². The van der Waals surface area contributed by atoms with Gasteiger partial charge in [0.25, 0.3) is 11.8 Å². The summed E-state index contributed by atoms with van der Waals surface area (Å²) in [6.45, 7) is 2.93. The molecule has 4 rings (SSSR count). The van der Waals surface area contributed by atoms with Gasteiger partial charge in [0, 0.05) is 41.8 Å². The average molecular weight is 452 g/mol. The Hall–Kier alpha value is -3.58. The molecule has 7 nitrogen and oxygen atoms in total. The Labute approximate surface area is 190 Å². The molecule has 2 heterocycles. The fraction of sp³-hybridized carbons (Fsp3) is 0.208. The molecular formula is C24H22ClN3O4. The topological polar surface area (TPSA) is 71.8 Å². The van der Waals surface area contributed by atoms with E-state index in [-0.39, 0.29) is 5.57 Å². The molecule has 0 N–H and O–H groups in total. The minimum Gasteiger partial charge on any atom is -0.491 e. The summed E-state index contributed by atoms with van der Waals surface area (Å²) >= 11 is 6.00. The predicted molar refractivity (Wildman–Crippen MR) is 123 cm³/mol. The van der Waals surface area contributed by atoms with E-state index in [2.05, 4.69) is 0 Å². The highest BCUT2D eigenvalue weighted by Gasteiger charge is 2.37. The quantitative estimate of drug-likeness (QED) is 0.432. The molecule has 1 aromatic heterocycles. The number of amides is 4. The SMILES string of the molecule is Cc1cc(Cl)ccc1OCCn1cc(C=C2C(=O)N(C)C(=O)N(C)C2=O)c2ccccc21. The Morgan fingerprint density at radius 2 is 1.69 bits per heavy atom. The number of rotatable bonds is 5. The molecule has 4 amide bonds. The molecule has 1 fully saturated rings. The van der Waals surface area contributed by atoms with Crippen molar-refractivity contribution in [1.29, 1.82) is 0 Å². The highest BCUT2D eigenvalue weighted by molar-refractivity contribution is 6.31. The van der Waals surface area contributed by atoms with Crippen molar-refractivity contribution in [1.82, 2.24) is 14.4 Å². The largest absolute Gasteiger partial charge is 0.491 e. The van der Waals surface area contributed by atoms with Gasteiger partial charge in [0.15, 0.2) is 0 Å². The van der Waals surface area contributed by atoms with E-state index in [0.717, 1.165) is 37.6 Å². The molecule has 0 saturated carbocycles. The summed E-state index contributed by atoms with van der Waals surface area (Å²) in [4.78, 5) is 39.0. The van der Waals surface area contributed by atoms with Gasteiger partial charge in [-0.25, -0.2) is 4.79 Å². The van der Waals surface area contributed by atoms with Gasteiger partial charge < -0.3 is 9.30 Å². The van der Waals surface area contributed by atoms with E-state index in [1.165, 1.54) is 14.1 Å². The van der Waals surface area contributed by atoms with Crippen molar-refractivity contribution in [3.63, 3.8) is 0 Å². The van der Waals surface area contributed by atoms with Crippen LogP contribution in [0.4, 0.5) is 4.79 Å². The first kappa shape index (κ1) is 21.6. The minimum atomic E-state index is -0.644. The number of urea groups is 1. The Kier molecular flexibility index (Phi) is 5.76. The number of fused-ring (bicyclic) bond motifs is 1. The number of aromatic nitrogens is 1. The molecule has 164 valence electrons. The van der Waals surface area contributed by atoms with Crippen molar-refractivity contribution in [3.8, 4) is 5.75 Å². The van der Waals surface area contributed by atoms with Crippen LogP contribution in [0.1, 0.15) is 11.1 Å². The lowest BCUT2D eigenvalue weighted by atomic mass is 10.1. The number of carbonyl (C=O) groups is 3. The Bertz CT molecular complexity index is 1250. The maximum atomic E-state index is 12.6. The van der Waals surface area contributed by atoms with Crippen LogP contribution in [0, 0.1) is 6.92 Å². The Morgan fingerprint density at radius 1 is 1.00 bits per heavy atom. The number of para-hydroxylation sites is 1. The van der Waals surface area contributed by atoms with Gasteiger partial charge in [0.05, 0.1) is 6.54 Å². The van der Waals surface area contributed by atoms with E-state index in [4.69, 9.17) is 16.3 Å². The number of likely N-dealkylation sites (N-methyl/N-ethyl adjacent to an activating group) is 2. The summed E-state index contributed by atoms with van der Waals surface area (Å²) in [5.41, 5.74) is 2.57. The number of barbiturate groups is 1. The van der Waals surface area contributed by atoms with Gasteiger partial charge in [-0.05, 0) is 42.8 Å². The van der Waals surface area contributed by atoms with Crippen molar-refractivity contribution in [2.75, 3.05) is 20.7 Å². The number of imide groups is 2. The Balaban J connectivity index is 1.63. The average Bonchev–Trinajstić information content (AvgIpc) is 3.13. The molecular weight excluding hydrogens is 430 g/mol. The van der Waals surface area contributed by atoms with E-state index in [1.54, 1.807) is 12.1 Å². The van der Waals surface area contributed by atoms with E-state index in [1.807, 2.05) is 54.1 Å². The minimum absolute atomic E-state index is 0.0504. The summed E-state index contributed by atoms with van der Waals surface area (Å²) in [5.74, 6) is -0.463. The number of halogens is 1. The zero-order valence-corrected chi connectivity index (χ0v) is 18.7. The van der Waals surface area contributed by atoms with Gasteiger partial charge in [0.2, 0.25) is 0 Å². The number of hydrogen-bond acceptors (Lipinski definition) is 4. The third-order valence-corrected chi connectivity index (χ3v) is 5.73. The van der Waals surface area contributed by atoms with Gasteiger partial charge in [-0.3, -0.25) is 19.4 Å². The molecule has 32 heavy (non-hydrogen) atoms. The highest BCUT2D eigenvalue weighted by Crippen LogP contribution is 2.26. The third kappa shape index (κ3) is 3.87. The summed E-state index contributed by atoms with van der Waals surface area (Å²) in [6, 6.07) is 12.6. The van der Waals surface area contributed by atoms with Crippen molar-refractivity contribution in [3.05, 3.63) is 70.4 Å². The molecule has 8 heteroatoms. The standard InChI is InChI=1S/C24H22ClN3O4/c1-15-12-17(25)8-9-21(15)32-11-10-28-14-16(18-6-4-5-7-20(18)28)13-19-22(29)26(2)24(31)27(3)23(19)30/h4-9,12-14H,10-11H2,1-3H3. The van der Waals surface area contributed by atoms with Gasteiger partial charge in [-0.15, -0.1) is 0 Å². The maximum Gasteiger partial charge on any atom is 0.333 e.